The van der Waals surface area contributed by atoms with Crippen LogP contribution in [0.15, 0.2) is 30.3 Å². The molecule has 1 aromatic carbocycles. The Balaban J connectivity index is 1.97. The van der Waals surface area contributed by atoms with E-state index in [9.17, 15) is 4.79 Å². The van der Waals surface area contributed by atoms with Crippen LogP contribution in [0.25, 0.3) is 10.2 Å². The highest BCUT2D eigenvalue weighted by molar-refractivity contribution is 7.22. The molecule has 0 N–H and O–H groups in total. The SMILES string of the molecule is COCCN(C(=O)c1cc(C)c(C)s1)c1nc2ccccc2s1. The van der Waals surface area contributed by atoms with E-state index < -0.39 is 0 Å². The fourth-order valence-electron chi connectivity index (χ4n) is 2.25. The first-order chi connectivity index (χ1) is 11.1. The van der Waals surface area contributed by atoms with Gasteiger partial charge in [0.25, 0.3) is 5.91 Å². The van der Waals surface area contributed by atoms with Crippen LogP contribution in [-0.2, 0) is 4.74 Å². The third-order valence-electron chi connectivity index (χ3n) is 3.65. The molecule has 120 valence electrons. The van der Waals surface area contributed by atoms with E-state index in [1.165, 1.54) is 27.6 Å². The van der Waals surface area contributed by atoms with Crippen molar-refractivity contribution in [1.82, 2.24) is 4.98 Å². The molecule has 0 fully saturated rings. The predicted octanol–water partition coefficient (Wildman–Crippen LogP) is 4.27. The maximum atomic E-state index is 12.9. The van der Waals surface area contributed by atoms with Crippen LogP contribution < -0.4 is 4.90 Å². The Labute approximate surface area is 143 Å². The van der Waals surface area contributed by atoms with Crippen LogP contribution in [0, 0.1) is 13.8 Å². The van der Waals surface area contributed by atoms with Gasteiger partial charge in [-0.05, 0) is 37.6 Å². The molecule has 0 bridgehead atoms. The summed E-state index contributed by atoms with van der Waals surface area (Å²) < 4.78 is 6.25. The van der Waals surface area contributed by atoms with Crippen molar-refractivity contribution in [2.24, 2.45) is 0 Å². The van der Waals surface area contributed by atoms with E-state index in [1.807, 2.05) is 44.2 Å². The molecule has 1 amide bonds. The number of anilines is 1. The van der Waals surface area contributed by atoms with Gasteiger partial charge in [0.1, 0.15) is 0 Å². The molecule has 0 unspecified atom stereocenters. The van der Waals surface area contributed by atoms with Gasteiger partial charge in [0.2, 0.25) is 0 Å². The highest BCUT2D eigenvalue weighted by Crippen LogP contribution is 2.31. The summed E-state index contributed by atoms with van der Waals surface area (Å²) in [6.45, 7) is 5.03. The molecule has 0 saturated carbocycles. The summed E-state index contributed by atoms with van der Waals surface area (Å²) in [6.07, 6.45) is 0. The van der Waals surface area contributed by atoms with Crippen molar-refractivity contribution >= 4 is 43.9 Å². The van der Waals surface area contributed by atoms with Gasteiger partial charge in [-0.15, -0.1) is 11.3 Å². The molecule has 2 aromatic heterocycles. The van der Waals surface area contributed by atoms with Gasteiger partial charge in [0.05, 0.1) is 28.2 Å². The number of benzene rings is 1. The molecule has 0 aliphatic rings. The smallest absolute Gasteiger partial charge is 0.270 e. The number of para-hydroxylation sites is 1. The number of aromatic nitrogens is 1. The number of hydrogen-bond acceptors (Lipinski definition) is 5. The number of thiazole rings is 1. The largest absolute Gasteiger partial charge is 0.383 e. The van der Waals surface area contributed by atoms with Crippen LogP contribution in [0.3, 0.4) is 0 Å². The molecule has 3 aromatic rings. The first-order valence-electron chi connectivity index (χ1n) is 7.33. The van der Waals surface area contributed by atoms with Crippen LogP contribution >= 0.6 is 22.7 Å². The van der Waals surface area contributed by atoms with Gasteiger partial charge in [0, 0.05) is 12.0 Å². The van der Waals surface area contributed by atoms with Gasteiger partial charge in [-0.2, -0.15) is 0 Å². The molecule has 6 heteroatoms. The Morgan fingerprint density at radius 3 is 2.70 bits per heavy atom. The number of amides is 1. The van der Waals surface area contributed by atoms with Crippen LogP contribution in [0.1, 0.15) is 20.1 Å². The predicted molar refractivity (Wildman–Crippen MR) is 97.0 cm³/mol. The first kappa shape index (κ1) is 16.1. The normalized spacial score (nSPS) is 11.1. The Bertz CT molecular complexity index is 786. The molecule has 23 heavy (non-hydrogen) atoms. The quantitative estimate of drug-likeness (QED) is 0.693. The number of rotatable bonds is 5. The van der Waals surface area contributed by atoms with E-state index in [2.05, 4.69) is 4.98 Å². The highest BCUT2D eigenvalue weighted by atomic mass is 32.1. The maximum absolute atomic E-state index is 12.9. The number of ether oxygens (including phenoxy) is 1. The van der Waals surface area contributed by atoms with Crippen LogP contribution in [0.5, 0.6) is 0 Å². The molecule has 3 rings (SSSR count). The van der Waals surface area contributed by atoms with Gasteiger partial charge >= 0.3 is 0 Å². The first-order valence-corrected chi connectivity index (χ1v) is 8.97. The number of aryl methyl sites for hydroxylation is 2. The zero-order chi connectivity index (χ0) is 16.4. The zero-order valence-corrected chi connectivity index (χ0v) is 15.0. The summed E-state index contributed by atoms with van der Waals surface area (Å²) in [7, 11) is 1.64. The third kappa shape index (κ3) is 3.29. The monoisotopic (exact) mass is 346 g/mol. The van der Waals surface area contributed by atoms with Crippen molar-refractivity contribution in [2.45, 2.75) is 13.8 Å². The Kier molecular flexibility index (Phi) is 4.75. The van der Waals surface area contributed by atoms with E-state index in [0.717, 1.165) is 25.8 Å². The van der Waals surface area contributed by atoms with Crippen molar-refractivity contribution in [2.75, 3.05) is 25.2 Å². The molecule has 2 heterocycles. The zero-order valence-electron chi connectivity index (χ0n) is 13.3. The number of methoxy groups -OCH3 is 1. The van der Waals surface area contributed by atoms with E-state index in [1.54, 1.807) is 12.0 Å². The summed E-state index contributed by atoms with van der Waals surface area (Å²) in [6, 6.07) is 9.88. The second kappa shape index (κ2) is 6.78. The number of carbonyl (C=O) groups is 1. The molecule has 0 atom stereocenters. The van der Waals surface area contributed by atoms with Gasteiger partial charge in [0.15, 0.2) is 5.13 Å². The lowest BCUT2D eigenvalue weighted by atomic mass is 10.3. The van der Waals surface area contributed by atoms with E-state index in [-0.39, 0.29) is 5.91 Å². The fourth-order valence-corrected chi connectivity index (χ4v) is 4.23. The second-order valence-corrected chi connectivity index (χ2v) is 7.53. The van der Waals surface area contributed by atoms with Crippen molar-refractivity contribution < 1.29 is 9.53 Å². The second-order valence-electron chi connectivity index (χ2n) is 5.26. The molecule has 0 aliphatic carbocycles. The average Bonchev–Trinajstić information content (AvgIpc) is 3.11. The molecule has 0 aliphatic heterocycles. The molecule has 0 spiro atoms. The molecule has 0 radical (unpaired) electrons. The Hall–Kier alpha value is -1.76. The van der Waals surface area contributed by atoms with E-state index in [4.69, 9.17) is 4.74 Å². The van der Waals surface area contributed by atoms with Crippen molar-refractivity contribution in [3.8, 4) is 0 Å². The minimum Gasteiger partial charge on any atom is -0.383 e. The molecular formula is C17H18N2O2S2. The summed E-state index contributed by atoms with van der Waals surface area (Å²) in [5.41, 5.74) is 2.07. The minimum atomic E-state index is -0.0118. The van der Waals surface area contributed by atoms with Crippen LogP contribution in [0.4, 0.5) is 5.13 Å². The number of carbonyl (C=O) groups excluding carboxylic acids is 1. The van der Waals surface area contributed by atoms with Crippen LogP contribution in [0.2, 0.25) is 0 Å². The maximum Gasteiger partial charge on any atom is 0.270 e. The summed E-state index contributed by atoms with van der Waals surface area (Å²) in [5.74, 6) is -0.0118. The standard InChI is InChI=1S/C17H18N2O2S2/c1-11-10-15(22-12(11)2)16(20)19(8-9-21-3)17-18-13-6-4-5-7-14(13)23-17/h4-7,10H,8-9H2,1-3H3. The number of fused-ring (bicyclic) bond motifs is 1. The molecule has 0 saturated heterocycles. The fraction of sp³-hybridized carbons (Fsp3) is 0.294. The van der Waals surface area contributed by atoms with Crippen LogP contribution in [-0.4, -0.2) is 31.2 Å². The number of nitrogens with zero attached hydrogens (tertiary/aromatic N) is 2. The molecular weight excluding hydrogens is 328 g/mol. The number of thiophene rings is 1. The van der Waals surface area contributed by atoms with Gasteiger partial charge in [-0.3, -0.25) is 9.69 Å². The van der Waals surface area contributed by atoms with Crippen molar-refractivity contribution in [3.05, 3.63) is 45.6 Å². The third-order valence-corrected chi connectivity index (χ3v) is 5.85. The lowest BCUT2D eigenvalue weighted by molar-refractivity contribution is 0.0980. The summed E-state index contributed by atoms with van der Waals surface area (Å²) in [4.78, 5) is 21.2. The van der Waals surface area contributed by atoms with Crippen molar-refractivity contribution in [3.63, 3.8) is 0 Å². The topological polar surface area (TPSA) is 42.4 Å². The molecule has 4 nitrogen and oxygen atoms in total. The van der Waals surface area contributed by atoms with Crippen molar-refractivity contribution in [1.29, 1.82) is 0 Å². The Morgan fingerprint density at radius 1 is 1.26 bits per heavy atom. The van der Waals surface area contributed by atoms with E-state index in [0.29, 0.717) is 13.2 Å². The number of hydrogen-bond donors (Lipinski definition) is 0. The van der Waals surface area contributed by atoms with Gasteiger partial charge in [-0.1, -0.05) is 23.5 Å². The summed E-state index contributed by atoms with van der Waals surface area (Å²) >= 11 is 3.06. The highest BCUT2D eigenvalue weighted by Gasteiger charge is 2.22. The minimum absolute atomic E-state index is 0.0118. The van der Waals surface area contributed by atoms with Gasteiger partial charge < -0.3 is 4.74 Å². The average molecular weight is 346 g/mol. The lowest BCUT2D eigenvalue weighted by Gasteiger charge is -2.18. The Morgan fingerprint density at radius 2 is 2.04 bits per heavy atom. The summed E-state index contributed by atoms with van der Waals surface area (Å²) in [5, 5.41) is 0.719. The van der Waals surface area contributed by atoms with Gasteiger partial charge in [-0.25, -0.2) is 4.98 Å². The van der Waals surface area contributed by atoms with E-state index >= 15 is 0 Å². The lowest BCUT2D eigenvalue weighted by Crippen LogP contribution is -2.33.